The third-order valence-electron chi connectivity index (χ3n) is 6.77. The van der Waals surface area contributed by atoms with Crippen LogP contribution in [0.5, 0.6) is 0 Å². The number of hydrogen-bond donors (Lipinski definition) is 0. The zero-order valence-electron chi connectivity index (χ0n) is 19.6. The fraction of sp³-hybridized carbons (Fsp3) is 0.0938. The average Bonchev–Trinajstić information content (AvgIpc) is 2.88. The Kier molecular flexibility index (Phi) is 5.00. The second-order valence-corrected chi connectivity index (χ2v) is 9.20. The van der Waals surface area contributed by atoms with Crippen molar-refractivity contribution >= 4 is 50.2 Å². The number of pyridine rings is 1. The standard InChI is InChI=1S/C32H27N2/c1-33(2)29-15-8-23(9-16-29)6-7-24-18-20-34(21-19-24)22-28-13-12-27-11-10-25-4-3-5-26-14-17-30(28)32(27)31(25)26/h3-21H,22H2,1-2H3/q+1. The molecule has 0 fully saturated rings. The lowest BCUT2D eigenvalue weighted by molar-refractivity contribution is -0.688. The van der Waals surface area contributed by atoms with Crippen molar-refractivity contribution in [3.05, 3.63) is 120 Å². The molecule has 1 heterocycles. The maximum Gasteiger partial charge on any atom is 0.174 e. The summed E-state index contributed by atoms with van der Waals surface area (Å²) in [6.45, 7) is 0.851. The van der Waals surface area contributed by atoms with Gasteiger partial charge in [0, 0.05) is 37.5 Å². The third kappa shape index (κ3) is 3.68. The van der Waals surface area contributed by atoms with Gasteiger partial charge in [0.05, 0.1) is 0 Å². The van der Waals surface area contributed by atoms with E-state index in [2.05, 4.69) is 139 Å². The van der Waals surface area contributed by atoms with Crippen molar-refractivity contribution < 1.29 is 4.57 Å². The summed E-state index contributed by atoms with van der Waals surface area (Å²) >= 11 is 0. The first-order chi connectivity index (χ1) is 16.7. The van der Waals surface area contributed by atoms with Crippen molar-refractivity contribution in [3.63, 3.8) is 0 Å². The highest BCUT2D eigenvalue weighted by Crippen LogP contribution is 2.35. The molecule has 2 nitrogen and oxygen atoms in total. The molecule has 0 aliphatic heterocycles. The molecule has 0 bridgehead atoms. The summed E-state index contributed by atoms with van der Waals surface area (Å²) in [6.07, 6.45) is 8.69. The van der Waals surface area contributed by atoms with Crippen LogP contribution in [0.4, 0.5) is 5.69 Å². The van der Waals surface area contributed by atoms with E-state index in [-0.39, 0.29) is 0 Å². The van der Waals surface area contributed by atoms with Gasteiger partial charge in [-0.3, -0.25) is 0 Å². The first kappa shape index (κ1) is 20.4. The summed E-state index contributed by atoms with van der Waals surface area (Å²) in [5.41, 5.74) is 4.96. The molecule has 0 spiro atoms. The third-order valence-corrected chi connectivity index (χ3v) is 6.77. The van der Waals surface area contributed by atoms with Crippen molar-refractivity contribution in [2.45, 2.75) is 6.54 Å². The highest BCUT2D eigenvalue weighted by atomic mass is 15.1. The molecule has 164 valence electrons. The normalized spacial score (nSPS) is 11.8. The average molecular weight is 440 g/mol. The summed E-state index contributed by atoms with van der Waals surface area (Å²) in [5.74, 6) is 0. The highest BCUT2D eigenvalue weighted by molar-refractivity contribution is 6.23. The summed E-state index contributed by atoms with van der Waals surface area (Å²) in [5, 5.41) is 8.05. The predicted octanol–water partition coefficient (Wildman–Crippen LogP) is 7.16. The van der Waals surface area contributed by atoms with E-state index < -0.39 is 0 Å². The van der Waals surface area contributed by atoms with Gasteiger partial charge in [0.25, 0.3) is 0 Å². The van der Waals surface area contributed by atoms with E-state index in [1.807, 2.05) is 0 Å². The van der Waals surface area contributed by atoms with Crippen LogP contribution in [0.25, 0.3) is 44.5 Å². The van der Waals surface area contributed by atoms with Gasteiger partial charge in [-0.1, -0.05) is 78.9 Å². The van der Waals surface area contributed by atoms with E-state index in [0.29, 0.717) is 0 Å². The molecule has 0 aliphatic carbocycles. The summed E-state index contributed by atoms with van der Waals surface area (Å²) in [7, 11) is 4.12. The molecule has 0 saturated carbocycles. The van der Waals surface area contributed by atoms with Crippen LogP contribution in [-0.4, -0.2) is 14.1 Å². The number of anilines is 1. The Morgan fingerprint density at radius 1 is 0.618 bits per heavy atom. The first-order valence-electron chi connectivity index (χ1n) is 11.8. The first-order valence-corrected chi connectivity index (χ1v) is 11.8. The van der Waals surface area contributed by atoms with Crippen molar-refractivity contribution in [2.24, 2.45) is 0 Å². The quantitative estimate of drug-likeness (QED) is 0.204. The molecule has 5 aromatic carbocycles. The Bertz CT molecular complexity index is 1610. The molecule has 0 aliphatic rings. The molecule has 6 rings (SSSR count). The fourth-order valence-corrected chi connectivity index (χ4v) is 4.89. The SMILES string of the molecule is CN(C)c1ccc(/C=C/c2cc[n+](Cc3ccc4ccc5cccc6ccc3c4c56)cc2)cc1. The molecular weight excluding hydrogens is 412 g/mol. The number of nitrogens with zero attached hydrogens (tertiary/aromatic N) is 2. The predicted molar refractivity (Wildman–Crippen MR) is 146 cm³/mol. The van der Waals surface area contributed by atoms with Gasteiger partial charge in [-0.15, -0.1) is 0 Å². The van der Waals surface area contributed by atoms with E-state index in [9.17, 15) is 0 Å². The van der Waals surface area contributed by atoms with Crippen molar-refractivity contribution in [1.82, 2.24) is 0 Å². The summed E-state index contributed by atoms with van der Waals surface area (Å²) in [6, 6.07) is 33.1. The van der Waals surface area contributed by atoms with Crippen LogP contribution in [-0.2, 0) is 6.54 Å². The Hall–Kier alpha value is -4.17. The fourth-order valence-electron chi connectivity index (χ4n) is 4.89. The van der Waals surface area contributed by atoms with Gasteiger partial charge in [0.15, 0.2) is 18.9 Å². The number of benzene rings is 5. The zero-order valence-corrected chi connectivity index (χ0v) is 19.6. The lowest BCUT2D eigenvalue weighted by atomic mass is 9.92. The second-order valence-electron chi connectivity index (χ2n) is 9.20. The second kappa shape index (κ2) is 8.31. The zero-order chi connectivity index (χ0) is 23.1. The Labute approximate surface area is 200 Å². The van der Waals surface area contributed by atoms with Crippen molar-refractivity contribution in [2.75, 3.05) is 19.0 Å². The van der Waals surface area contributed by atoms with E-state index in [1.54, 1.807) is 0 Å². The van der Waals surface area contributed by atoms with Crippen LogP contribution in [0.1, 0.15) is 16.7 Å². The van der Waals surface area contributed by atoms with Crippen molar-refractivity contribution in [1.29, 1.82) is 0 Å². The van der Waals surface area contributed by atoms with Gasteiger partial charge in [0.1, 0.15) is 0 Å². The van der Waals surface area contributed by atoms with Crippen molar-refractivity contribution in [3.8, 4) is 0 Å². The molecular formula is C32H27N2+. The summed E-state index contributed by atoms with van der Waals surface area (Å²) in [4.78, 5) is 2.12. The monoisotopic (exact) mass is 439 g/mol. The molecule has 0 unspecified atom stereocenters. The van der Waals surface area contributed by atoms with E-state index in [0.717, 1.165) is 6.54 Å². The molecule has 0 radical (unpaired) electrons. The maximum atomic E-state index is 2.29. The lowest BCUT2D eigenvalue weighted by Gasteiger charge is -2.12. The van der Waals surface area contributed by atoms with Gasteiger partial charge in [0.2, 0.25) is 0 Å². The van der Waals surface area contributed by atoms with Crippen LogP contribution < -0.4 is 9.47 Å². The van der Waals surface area contributed by atoms with E-state index in [1.165, 1.54) is 54.7 Å². The van der Waals surface area contributed by atoms with Crippen LogP contribution in [0.15, 0.2) is 103 Å². The molecule has 0 amide bonds. The smallest absolute Gasteiger partial charge is 0.174 e. The molecule has 6 aromatic rings. The van der Waals surface area contributed by atoms with Gasteiger partial charge < -0.3 is 4.90 Å². The van der Waals surface area contributed by atoms with Crippen LogP contribution in [0.2, 0.25) is 0 Å². The number of rotatable bonds is 5. The van der Waals surface area contributed by atoms with E-state index >= 15 is 0 Å². The molecule has 34 heavy (non-hydrogen) atoms. The minimum absolute atomic E-state index is 0.851. The molecule has 0 N–H and O–H groups in total. The van der Waals surface area contributed by atoms with Gasteiger partial charge in [-0.05, 0) is 55.6 Å². The molecule has 0 atom stereocenters. The van der Waals surface area contributed by atoms with Gasteiger partial charge in [-0.25, -0.2) is 4.57 Å². The minimum Gasteiger partial charge on any atom is -0.378 e. The Morgan fingerprint density at radius 2 is 1.21 bits per heavy atom. The molecule has 1 aromatic heterocycles. The minimum atomic E-state index is 0.851. The van der Waals surface area contributed by atoms with Crippen LogP contribution >= 0.6 is 0 Å². The Balaban J connectivity index is 1.27. The Morgan fingerprint density at radius 3 is 1.88 bits per heavy atom. The highest BCUT2D eigenvalue weighted by Gasteiger charge is 2.13. The topological polar surface area (TPSA) is 7.12 Å². The maximum absolute atomic E-state index is 2.29. The van der Waals surface area contributed by atoms with Gasteiger partial charge in [-0.2, -0.15) is 0 Å². The largest absolute Gasteiger partial charge is 0.378 e. The van der Waals surface area contributed by atoms with Crippen LogP contribution in [0, 0.1) is 0 Å². The van der Waals surface area contributed by atoms with Crippen LogP contribution in [0.3, 0.4) is 0 Å². The van der Waals surface area contributed by atoms with Gasteiger partial charge >= 0.3 is 0 Å². The van der Waals surface area contributed by atoms with E-state index in [4.69, 9.17) is 0 Å². The molecule has 0 saturated heterocycles. The summed E-state index contributed by atoms with van der Waals surface area (Å²) < 4.78 is 2.26. The lowest BCUT2D eigenvalue weighted by Crippen LogP contribution is -2.33. The molecule has 2 heteroatoms. The number of aromatic nitrogens is 1. The number of hydrogen-bond acceptors (Lipinski definition) is 1.